The summed E-state index contributed by atoms with van der Waals surface area (Å²) in [6, 6.07) is 10.9. The predicted molar refractivity (Wildman–Crippen MR) is 106 cm³/mol. The lowest BCUT2D eigenvalue weighted by molar-refractivity contribution is -0.660. The number of furan rings is 1. The van der Waals surface area contributed by atoms with Crippen LogP contribution in [0.3, 0.4) is 0 Å². The molecule has 0 saturated heterocycles. The zero-order valence-electron chi connectivity index (χ0n) is 16.3. The average molecular weight is 345 g/mol. The molecule has 3 heterocycles. The van der Waals surface area contributed by atoms with Crippen LogP contribution in [0, 0.1) is 20.8 Å². The van der Waals surface area contributed by atoms with Gasteiger partial charge in [0.25, 0.3) is 0 Å². The van der Waals surface area contributed by atoms with Gasteiger partial charge in [-0.2, -0.15) is 0 Å². The van der Waals surface area contributed by atoms with E-state index in [-0.39, 0.29) is 0 Å². The molecule has 132 valence electrons. The highest BCUT2D eigenvalue weighted by Gasteiger charge is 2.22. The summed E-state index contributed by atoms with van der Waals surface area (Å²) in [5, 5.41) is 2.26. The summed E-state index contributed by atoms with van der Waals surface area (Å²) in [4.78, 5) is 4.62. The molecular formula is C23H25N2O+. The van der Waals surface area contributed by atoms with Crippen LogP contribution >= 0.6 is 0 Å². The van der Waals surface area contributed by atoms with Gasteiger partial charge in [-0.25, -0.2) is 9.55 Å². The van der Waals surface area contributed by atoms with Gasteiger partial charge in [-0.1, -0.05) is 26.0 Å². The van der Waals surface area contributed by atoms with Crippen LogP contribution in [-0.2, 0) is 7.05 Å². The molecule has 3 heteroatoms. The van der Waals surface area contributed by atoms with Gasteiger partial charge in [0.05, 0.1) is 10.9 Å². The highest BCUT2D eigenvalue weighted by molar-refractivity contribution is 6.10. The molecule has 0 aliphatic rings. The number of benzene rings is 1. The zero-order chi connectivity index (χ0) is 18.6. The van der Waals surface area contributed by atoms with E-state index in [1.165, 1.54) is 16.7 Å². The fraction of sp³-hybridized carbons (Fsp3) is 0.304. The molecule has 0 atom stereocenters. The average Bonchev–Trinajstić information content (AvgIpc) is 2.93. The molecule has 4 rings (SSSR count). The van der Waals surface area contributed by atoms with Crippen molar-refractivity contribution >= 4 is 22.1 Å². The minimum Gasteiger partial charge on any atom is -0.437 e. The highest BCUT2D eigenvalue weighted by Crippen LogP contribution is 2.37. The van der Waals surface area contributed by atoms with Gasteiger partial charge in [0.2, 0.25) is 11.4 Å². The minimum atomic E-state index is 0.508. The summed E-state index contributed by atoms with van der Waals surface area (Å²) in [5.74, 6) is 0.508. The minimum absolute atomic E-state index is 0.508. The third-order valence-electron chi connectivity index (χ3n) is 5.22. The largest absolute Gasteiger partial charge is 0.437 e. The van der Waals surface area contributed by atoms with Crippen LogP contribution < -0.4 is 4.57 Å². The van der Waals surface area contributed by atoms with E-state index in [1.807, 2.05) is 6.92 Å². The van der Waals surface area contributed by atoms with E-state index in [1.54, 1.807) is 0 Å². The number of hydrogen-bond donors (Lipinski definition) is 0. The van der Waals surface area contributed by atoms with Crippen molar-refractivity contribution in [2.75, 3.05) is 0 Å². The van der Waals surface area contributed by atoms with Crippen LogP contribution in [0.25, 0.3) is 33.3 Å². The van der Waals surface area contributed by atoms with E-state index in [2.05, 4.69) is 80.8 Å². The maximum Gasteiger partial charge on any atom is 0.227 e. The molecule has 3 nitrogen and oxygen atoms in total. The molecule has 0 radical (unpaired) electrons. The molecule has 0 N–H and O–H groups in total. The molecule has 0 fully saturated rings. The Balaban J connectivity index is 2.07. The topological polar surface area (TPSA) is 29.9 Å². The number of hydrogen-bond acceptors (Lipinski definition) is 2. The summed E-state index contributed by atoms with van der Waals surface area (Å²) in [6.45, 7) is 10.7. The second-order valence-electron chi connectivity index (χ2n) is 7.61. The maximum absolute atomic E-state index is 6.29. The maximum atomic E-state index is 6.29. The van der Waals surface area contributed by atoms with E-state index in [0.717, 1.165) is 39.0 Å². The Kier molecular flexibility index (Phi) is 3.83. The van der Waals surface area contributed by atoms with Crippen LogP contribution in [0.15, 0.2) is 40.9 Å². The summed E-state index contributed by atoms with van der Waals surface area (Å²) < 4.78 is 8.49. The fourth-order valence-electron chi connectivity index (χ4n) is 3.83. The van der Waals surface area contributed by atoms with Gasteiger partial charge in [-0.05, 0) is 49.9 Å². The molecule has 26 heavy (non-hydrogen) atoms. The Bertz CT molecular complexity index is 1150. The smallest absolute Gasteiger partial charge is 0.227 e. The number of pyridine rings is 2. The molecule has 0 unspecified atom stereocenters. The number of aryl methyl sites for hydroxylation is 4. The first-order valence-corrected chi connectivity index (χ1v) is 9.17. The van der Waals surface area contributed by atoms with E-state index < -0.39 is 0 Å². The Morgan fingerprint density at radius 3 is 2.46 bits per heavy atom. The summed E-state index contributed by atoms with van der Waals surface area (Å²) >= 11 is 0. The fourth-order valence-corrected chi connectivity index (χ4v) is 3.83. The van der Waals surface area contributed by atoms with Gasteiger partial charge in [0.15, 0.2) is 11.8 Å². The van der Waals surface area contributed by atoms with Crippen LogP contribution in [0.4, 0.5) is 0 Å². The van der Waals surface area contributed by atoms with Crippen LogP contribution in [0.5, 0.6) is 0 Å². The molecule has 1 aromatic carbocycles. The molecule has 3 aromatic heterocycles. The molecule has 0 saturated carbocycles. The van der Waals surface area contributed by atoms with Crippen molar-refractivity contribution < 1.29 is 8.98 Å². The van der Waals surface area contributed by atoms with E-state index in [9.17, 15) is 0 Å². The molecule has 0 bridgehead atoms. The lowest BCUT2D eigenvalue weighted by atomic mass is 9.98. The molecule has 0 aliphatic heterocycles. The van der Waals surface area contributed by atoms with E-state index in [4.69, 9.17) is 4.42 Å². The van der Waals surface area contributed by atoms with Crippen molar-refractivity contribution in [3.8, 4) is 11.3 Å². The Labute approximate surface area is 154 Å². The van der Waals surface area contributed by atoms with Crippen molar-refractivity contribution in [3.63, 3.8) is 0 Å². The van der Waals surface area contributed by atoms with Crippen molar-refractivity contribution in [2.45, 2.75) is 40.5 Å². The number of rotatable bonds is 2. The third-order valence-corrected chi connectivity index (χ3v) is 5.22. The zero-order valence-corrected chi connectivity index (χ0v) is 16.3. The van der Waals surface area contributed by atoms with Gasteiger partial charge in [-0.15, -0.1) is 0 Å². The first-order chi connectivity index (χ1) is 12.4. The normalized spacial score (nSPS) is 11.8. The second kappa shape index (κ2) is 5.94. The Hall–Kier alpha value is -2.68. The summed E-state index contributed by atoms with van der Waals surface area (Å²) in [6.07, 6.45) is 2.22. The first-order valence-electron chi connectivity index (χ1n) is 9.17. The highest BCUT2D eigenvalue weighted by atomic mass is 16.3. The number of aromatic nitrogens is 2. The van der Waals surface area contributed by atoms with E-state index in [0.29, 0.717) is 5.92 Å². The van der Waals surface area contributed by atoms with Crippen LogP contribution in [0.1, 0.15) is 42.1 Å². The summed E-state index contributed by atoms with van der Waals surface area (Å²) in [7, 11) is 2.11. The summed E-state index contributed by atoms with van der Waals surface area (Å²) in [5.41, 5.74) is 8.69. The van der Waals surface area contributed by atoms with Crippen LogP contribution in [-0.4, -0.2) is 4.98 Å². The van der Waals surface area contributed by atoms with Gasteiger partial charge >= 0.3 is 0 Å². The quantitative estimate of drug-likeness (QED) is 0.448. The lowest BCUT2D eigenvalue weighted by Gasteiger charge is -2.08. The Morgan fingerprint density at radius 1 is 1.00 bits per heavy atom. The third kappa shape index (κ3) is 2.50. The number of nitrogens with zero attached hydrogens (tertiary/aromatic N) is 2. The molecule has 0 spiro atoms. The molecule has 4 aromatic rings. The van der Waals surface area contributed by atoms with Gasteiger partial charge in [0, 0.05) is 22.7 Å². The Morgan fingerprint density at radius 2 is 1.77 bits per heavy atom. The SMILES string of the molecule is Cc1cc(C)c2c(n1)oc1c(-c3ccc(C(C)C)c[n+]3C)c(C)ccc12. The lowest BCUT2D eigenvalue weighted by Crippen LogP contribution is -2.31. The number of fused-ring (bicyclic) bond motifs is 3. The van der Waals surface area contributed by atoms with Gasteiger partial charge in [-0.3, -0.25) is 0 Å². The first kappa shape index (κ1) is 16.8. The molecule has 0 aliphatic carbocycles. The predicted octanol–water partition coefficient (Wildman–Crippen LogP) is 5.52. The van der Waals surface area contributed by atoms with E-state index >= 15 is 0 Å². The van der Waals surface area contributed by atoms with Crippen molar-refractivity contribution in [3.05, 3.63) is 58.9 Å². The molecular weight excluding hydrogens is 320 g/mol. The van der Waals surface area contributed by atoms with Crippen molar-refractivity contribution in [1.29, 1.82) is 0 Å². The van der Waals surface area contributed by atoms with Crippen molar-refractivity contribution in [1.82, 2.24) is 4.98 Å². The van der Waals surface area contributed by atoms with Crippen LogP contribution in [0.2, 0.25) is 0 Å². The van der Waals surface area contributed by atoms with Crippen molar-refractivity contribution in [2.24, 2.45) is 7.05 Å². The second-order valence-corrected chi connectivity index (χ2v) is 7.61. The monoisotopic (exact) mass is 345 g/mol. The molecule has 0 amide bonds. The van der Waals surface area contributed by atoms with Gasteiger partial charge in [0.1, 0.15) is 7.05 Å². The standard InChI is InChI=1S/C23H25N2O/c1-13(2)17-8-10-19(25(6)12-17)21-14(3)7-9-18-20-15(4)11-16(5)24-23(20)26-22(18)21/h7-13H,1-6H3/q+1. The van der Waals surface area contributed by atoms with Gasteiger partial charge < -0.3 is 4.42 Å².